The number of rotatable bonds is 21. The van der Waals surface area contributed by atoms with Crippen molar-refractivity contribution in [3.63, 3.8) is 0 Å². The van der Waals surface area contributed by atoms with Crippen LogP contribution in [-0.2, 0) is 50.1 Å². The number of aliphatic hydroxyl groups is 2. The lowest BCUT2D eigenvalue weighted by Gasteiger charge is -2.13. The van der Waals surface area contributed by atoms with Crippen LogP contribution in [0.15, 0.2) is 152 Å². The summed E-state index contributed by atoms with van der Waals surface area (Å²) in [6.07, 6.45) is 0. The van der Waals surface area contributed by atoms with Crippen molar-refractivity contribution in [1.82, 2.24) is 0 Å². The van der Waals surface area contributed by atoms with Crippen molar-refractivity contribution in [2.75, 3.05) is 36.8 Å². The van der Waals surface area contributed by atoms with Crippen LogP contribution in [0.2, 0.25) is 0 Å². The number of hydrogen-bond donors (Lipinski definition) is 9. The molecular weight excluding hydrogens is 1120 g/mol. The van der Waals surface area contributed by atoms with Crippen molar-refractivity contribution >= 4 is 120 Å². The molecule has 408 valence electrons. The van der Waals surface area contributed by atoms with Gasteiger partial charge < -0.3 is 35.2 Å². The van der Waals surface area contributed by atoms with Gasteiger partial charge in [-0.05, 0) is 84.2 Å². The zero-order valence-corrected chi connectivity index (χ0v) is 41.9. The molecule has 9 N–H and O–H groups in total. The summed E-state index contributed by atoms with van der Waals surface area (Å²) >= 11 is 0. The highest BCUT2D eigenvalue weighted by Gasteiger charge is 2.41. The van der Waals surface area contributed by atoms with Gasteiger partial charge in [0, 0.05) is 29.3 Å². The number of nitro groups is 1. The summed E-state index contributed by atoms with van der Waals surface area (Å²) in [5.74, 6) is -4.28. The molecule has 0 aliphatic carbocycles. The first kappa shape index (κ1) is 56.9. The average Bonchev–Trinajstić information content (AvgIpc) is 3.76. The van der Waals surface area contributed by atoms with Crippen LogP contribution in [0.5, 0.6) is 17.2 Å². The number of nitrogens with one attached hydrogen (secondary N) is 1. The Hall–Kier alpha value is -8.85. The summed E-state index contributed by atoms with van der Waals surface area (Å²) in [5.41, 5.74) is -4.62. The van der Waals surface area contributed by atoms with Crippen molar-refractivity contribution < 1.29 is 96.3 Å². The number of aromatic hydroxyl groups is 1. The molecule has 1 amide bonds. The summed E-state index contributed by atoms with van der Waals surface area (Å²) in [6, 6.07) is 13.7. The third-order valence-electron chi connectivity index (χ3n) is 10.4. The Balaban J connectivity index is 1.22. The number of carboxylic acids is 1. The maximum absolute atomic E-state index is 13.3. The molecule has 0 saturated heterocycles. The summed E-state index contributed by atoms with van der Waals surface area (Å²) in [6.45, 7) is -2.10. The van der Waals surface area contributed by atoms with Gasteiger partial charge in [0.2, 0.25) is 6.04 Å². The Labute approximate surface area is 437 Å². The zero-order valence-electron chi connectivity index (χ0n) is 38.6. The molecule has 0 spiro atoms. The minimum Gasteiger partial charge on any atom is -0.505 e. The molecule has 1 aliphatic rings. The van der Waals surface area contributed by atoms with Crippen LogP contribution in [0.1, 0.15) is 0 Å². The fourth-order valence-electron chi connectivity index (χ4n) is 6.89. The van der Waals surface area contributed by atoms with Crippen LogP contribution >= 0.6 is 0 Å². The summed E-state index contributed by atoms with van der Waals surface area (Å²) in [4.78, 5) is 32.7. The summed E-state index contributed by atoms with van der Waals surface area (Å²) in [7, 11) is -20.0. The number of nitrogens with zero attached hydrogens (tertiary/aromatic N) is 9. The van der Waals surface area contributed by atoms with Crippen molar-refractivity contribution in [1.29, 1.82) is 0 Å². The van der Waals surface area contributed by atoms with Crippen LogP contribution < -0.4 is 19.8 Å². The van der Waals surface area contributed by atoms with E-state index in [1.54, 1.807) is 0 Å². The number of azo groups is 3. The predicted molar refractivity (Wildman–Crippen MR) is 265 cm³/mol. The summed E-state index contributed by atoms with van der Waals surface area (Å²) < 4.78 is 147. The van der Waals surface area contributed by atoms with Gasteiger partial charge in [-0.2, -0.15) is 54.0 Å². The van der Waals surface area contributed by atoms with Crippen LogP contribution in [0.4, 0.5) is 51.2 Å². The van der Waals surface area contributed by atoms with Gasteiger partial charge in [0.25, 0.3) is 52.1 Å². The number of fused-ring (bicyclic) bond motifs is 1. The minimum atomic E-state index is -5.30. The molecule has 1 unspecified atom stereocenters. The Morgan fingerprint density at radius 3 is 1.81 bits per heavy atom. The number of benzene rings is 6. The van der Waals surface area contributed by atoms with E-state index in [-0.39, 0.29) is 56.4 Å². The van der Waals surface area contributed by atoms with Crippen LogP contribution in [0.25, 0.3) is 10.8 Å². The summed E-state index contributed by atoms with van der Waals surface area (Å²) in [5, 5.41) is 82.1. The normalized spacial score (nSPS) is 14.4. The van der Waals surface area contributed by atoms with Crippen molar-refractivity contribution in [2.24, 2.45) is 35.8 Å². The molecule has 6 aromatic rings. The molecule has 0 radical (unpaired) electrons. The Kier molecular flexibility index (Phi) is 16.3. The van der Waals surface area contributed by atoms with E-state index in [9.17, 15) is 92.0 Å². The molecule has 6 aromatic carbocycles. The lowest BCUT2D eigenvalue weighted by Crippen LogP contribution is -2.33. The van der Waals surface area contributed by atoms with Gasteiger partial charge in [-0.15, -0.1) is 20.5 Å². The van der Waals surface area contributed by atoms with E-state index in [4.69, 9.17) is 9.47 Å². The average molecular weight is 1160 g/mol. The topological polar surface area (TPSA) is 496 Å². The number of ether oxygens (including phenoxy) is 2. The second-order valence-corrected chi connectivity index (χ2v) is 21.1. The van der Waals surface area contributed by atoms with E-state index >= 15 is 0 Å². The lowest BCUT2D eigenvalue weighted by atomic mass is 10.1. The third kappa shape index (κ3) is 12.9. The van der Waals surface area contributed by atoms with Gasteiger partial charge in [0.15, 0.2) is 11.5 Å². The molecule has 1 atom stereocenters. The largest absolute Gasteiger partial charge is 0.505 e. The molecule has 78 heavy (non-hydrogen) atoms. The van der Waals surface area contributed by atoms with Gasteiger partial charge in [-0.1, -0.05) is 0 Å². The molecule has 1 heterocycles. The second kappa shape index (κ2) is 22.4. The quantitative estimate of drug-likeness (QED) is 0.0181. The number of aliphatic hydroxyl groups excluding tert-OH is 2. The van der Waals surface area contributed by atoms with Gasteiger partial charge in [-0.25, -0.2) is 4.79 Å². The monoisotopic (exact) mass is 1160 g/mol. The number of phenols is 1. The number of carbonyl (C=O) groups excluding carboxylic acids is 1. The molecule has 0 fully saturated rings. The van der Waals surface area contributed by atoms with E-state index in [0.29, 0.717) is 11.1 Å². The predicted octanol–water partition coefficient (Wildman–Crippen LogP) is 5.70. The standard InChI is InChI=1S/C42H34N10O22S4/c53-11-13-73-33-20-31(34(74-14-12-54)19-30(33)46-45-29-9-2-22(17-35(29)77(67,68)69)43-28-10-7-26(76(64,65)66)18-32(28)52(59)60)47-48-37-36(78(70,71)72)16-21-15-23(1-8-27(21)40(37)55)44-49-38-39(42(57)58)50-51(41(38)56)24-3-5-25(6-4-24)75(61,62)63/h1-10,15-20,38,43,53-55H,11-14H2,(H,57,58)(H,61,62,63)(H,64,65,66)(H,67,68,69)(H,70,71,72)/b46-45+,48-47+,49-44+. The van der Waals surface area contributed by atoms with Gasteiger partial charge in [0.05, 0.1) is 34.4 Å². The van der Waals surface area contributed by atoms with E-state index in [1.807, 2.05) is 0 Å². The molecule has 0 aromatic heterocycles. The maximum atomic E-state index is 13.3. The van der Waals surface area contributed by atoms with Gasteiger partial charge >= 0.3 is 5.97 Å². The smallest absolute Gasteiger partial charge is 0.355 e. The first-order chi connectivity index (χ1) is 36.6. The maximum Gasteiger partial charge on any atom is 0.355 e. The number of amides is 1. The van der Waals surface area contributed by atoms with Gasteiger partial charge in [0.1, 0.15) is 67.8 Å². The number of hydrazone groups is 1. The lowest BCUT2D eigenvalue weighted by molar-refractivity contribution is -0.384. The fraction of sp³-hybridized carbons (Fsp3) is 0.119. The fourth-order valence-corrected chi connectivity index (χ4v) is 9.17. The van der Waals surface area contributed by atoms with E-state index < -0.39 is 138 Å². The van der Waals surface area contributed by atoms with E-state index in [2.05, 4.69) is 41.1 Å². The number of anilines is 3. The molecule has 7 rings (SSSR count). The number of carbonyl (C=O) groups is 2. The Bertz CT molecular complexity index is 4050. The van der Waals surface area contributed by atoms with Crippen LogP contribution in [-0.4, -0.2) is 127 Å². The highest BCUT2D eigenvalue weighted by atomic mass is 32.2. The zero-order chi connectivity index (χ0) is 57.1. The number of nitro benzene ring substituents is 1. The number of aliphatic carboxylic acids is 1. The highest BCUT2D eigenvalue weighted by molar-refractivity contribution is 7.86. The molecule has 0 saturated carbocycles. The van der Waals surface area contributed by atoms with Gasteiger partial charge in [-0.3, -0.25) is 33.1 Å². The third-order valence-corrected chi connectivity index (χ3v) is 13.8. The number of hydrogen-bond acceptors (Lipinski definition) is 25. The van der Waals surface area contributed by atoms with E-state index in [1.165, 1.54) is 12.1 Å². The molecular formula is C42H34N10O22S4. The Morgan fingerprint density at radius 1 is 0.679 bits per heavy atom. The van der Waals surface area contributed by atoms with E-state index in [0.717, 1.165) is 78.9 Å². The number of carboxylic acid groups (broad SMARTS) is 1. The SMILES string of the molecule is O=C(O)C1=NN(c2ccc(S(=O)(=O)O)cc2)C(=O)C1/N=N/c1ccc2c(O)c(/N=N/c3cc(OCCO)c(/N=N/c4ccc(Nc5ccc(S(=O)(=O)O)cc5[N+](=O)[O-])cc4S(=O)(=O)O)cc3OCCO)c(S(=O)(=O)O)cc2c1. The molecule has 1 aliphatic heterocycles. The van der Waals surface area contributed by atoms with Crippen LogP contribution in [0, 0.1) is 10.1 Å². The second-order valence-electron chi connectivity index (χ2n) is 15.5. The first-order valence-electron chi connectivity index (χ1n) is 21.1. The molecule has 32 nitrogen and oxygen atoms in total. The number of phenolic OH excluding ortho intramolecular Hbond substituents is 1. The minimum absolute atomic E-state index is 0.107. The Morgan fingerprint density at radius 2 is 1.26 bits per heavy atom. The van der Waals surface area contributed by atoms with Crippen molar-refractivity contribution in [3.05, 3.63) is 107 Å². The molecule has 36 heteroatoms. The van der Waals surface area contributed by atoms with Crippen molar-refractivity contribution in [2.45, 2.75) is 25.6 Å². The molecule has 0 bridgehead atoms. The van der Waals surface area contributed by atoms with Crippen molar-refractivity contribution in [3.8, 4) is 17.2 Å². The first-order valence-corrected chi connectivity index (χ1v) is 26.9. The highest BCUT2D eigenvalue weighted by Crippen LogP contribution is 2.46. The van der Waals surface area contributed by atoms with Crippen LogP contribution in [0.3, 0.4) is 0 Å².